The fraction of sp³-hybridized carbons (Fsp3) is 0.368. The monoisotopic (exact) mass is 368 g/mol. The van der Waals surface area contributed by atoms with Gasteiger partial charge in [-0.3, -0.25) is 4.90 Å². The molecule has 0 aliphatic carbocycles. The SMILES string of the molecule is Cc1ccc(F)c([C@H](c2ccc(OC(F)(F)F)cc2)N2CCNCC2)c1. The van der Waals surface area contributed by atoms with Gasteiger partial charge in [-0.1, -0.05) is 29.8 Å². The number of nitrogens with zero attached hydrogens (tertiary/aromatic N) is 1. The van der Waals surface area contributed by atoms with Gasteiger partial charge in [0.1, 0.15) is 11.6 Å². The lowest BCUT2D eigenvalue weighted by Gasteiger charge is -2.36. The molecule has 3 nitrogen and oxygen atoms in total. The predicted octanol–water partition coefficient (Wildman–Crippen LogP) is 4.03. The van der Waals surface area contributed by atoms with Crippen LogP contribution < -0.4 is 10.1 Å². The Labute approximate surface area is 149 Å². The van der Waals surface area contributed by atoms with Gasteiger partial charge in [-0.25, -0.2) is 4.39 Å². The molecule has 0 saturated carbocycles. The van der Waals surface area contributed by atoms with E-state index in [1.807, 2.05) is 6.92 Å². The van der Waals surface area contributed by atoms with E-state index in [1.165, 1.54) is 18.2 Å². The summed E-state index contributed by atoms with van der Waals surface area (Å²) >= 11 is 0. The van der Waals surface area contributed by atoms with Gasteiger partial charge in [0.25, 0.3) is 0 Å². The summed E-state index contributed by atoms with van der Waals surface area (Å²) in [4.78, 5) is 2.13. The van der Waals surface area contributed by atoms with Crippen molar-refractivity contribution in [1.82, 2.24) is 10.2 Å². The van der Waals surface area contributed by atoms with Crippen LogP contribution in [-0.2, 0) is 0 Å². The minimum Gasteiger partial charge on any atom is -0.406 e. The maximum atomic E-state index is 14.5. The Morgan fingerprint density at radius 1 is 1.04 bits per heavy atom. The highest BCUT2D eigenvalue weighted by molar-refractivity contribution is 5.38. The quantitative estimate of drug-likeness (QED) is 0.825. The Bertz CT molecular complexity index is 740. The van der Waals surface area contributed by atoms with Crippen molar-refractivity contribution in [3.63, 3.8) is 0 Å². The zero-order valence-corrected chi connectivity index (χ0v) is 14.3. The molecule has 7 heteroatoms. The zero-order valence-electron chi connectivity index (χ0n) is 14.3. The normalized spacial score (nSPS) is 17.1. The molecule has 0 bridgehead atoms. The molecule has 1 N–H and O–H groups in total. The second-order valence-electron chi connectivity index (χ2n) is 6.33. The molecule has 2 aromatic rings. The number of piperazine rings is 1. The number of halogens is 4. The average molecular weight is 368 g/mol. The van der Waals surface area contributed by atoms with Crippen molar-refractivity contribution < 1.29 is 22.3 Å². The number of aryl methyl sites for hydroxylation is 1. The highest BCUT2D eigenvalue weighted by Gasteiger charge is 2.31. The van der Waals surface area contributed by atoms with E-state index in [4.69, 9.17) is 0 Å². The molecule has 26 heavy (non-hydrogen) atoms. The molecule has 2 aromatic carbocycles. The number of rotatable bonds is 4. The lowest BCUT2D eigenvalue weighted by atomic mass is 9.94. The number of benzene rings is 2. The maximum Gasteiger partial charge on any atom is 0.573 e. The van der Waals surface area contributed by atoms with Gasteiger partial charge in [0, 0.05) is 31.7 Å². The fourth-order valence-electron chi connectivity index (χ4n) is 3.25. The van der Waals surface area contributed by atoms with Crippen molar-refractivity contribution >= 4 is 0 Å². The van der Waals surface area contributed by atoms with E-state index >= 15 is 0 Å². The number of alkyl halides is 3. The summed E-state index contributed by atoms with van der Waals surface area (Å²) in [5, 5.41) is 3.25. The maximum absolute atomic E-state index is 14.5. The average Bonchev–Trinajstić information content (AvgIpc) is 2.59. The third-order valence-corrected chi connectivity index (χ3v) is 4.39. The summed E-state index contributed by atoms with van der Waals surface area (Å²) in [5.74, 6) is -0.611. The Kier molecular flexibility index (Phi) is 5.48. The van der Waals surface area contributed by atoms with E-state index in [-0.39, 0.29) is 17.6 Å². The summed E-state index contributed by atoms with van der Waals surface area (Å²) in [7, 11) is 0. The Morgan fingerprint density at radius 3 is 2.31 bits per heavy atom. The lowest BCUT2D eigenvalue weighted by molar-refractivity contribution is -0.274. The minimum atomic E-state index is -4.73. The molecule has 1 atom stereocenters. The van der Waals surface area contributed by atoms with Gasteiger partial charge in [0.05, 0.1) is 6.04 Å². The van der Waals surface area contributed by atoms with Crippen LogP contribution in [0.25, 0.3) is 0 Å². The summed E-state index contributed by atoms with van der Waals surface area (Å²) in [5.41, 5.74) is 2.18. The first-order valence-corrected chi connectivity index (χ1v) is 8.40. The van der Waals surface area contributed by atoms with Gasteiger partial charge in [-0.05, 0) is 30.7 Å². The van der Waals surface area contributed by atoms with Gasteiger partial charge in [0.2, 0.25) is 0 Å². The number of hydrogen-bond acceptors (Lipinski definition) is 3. The third kappa shape index (κ3) is 4.53. The van der Waals surface area contributed by atoms with Gasteiger partial charge in [-0.2, -0.15) is 0 Å². The first kappa shape index (κ1) is 18.7. The van der Waals surface area contributed by atoms with Crippen LogP contribution in [-0.4, -0.2) is 37.4 Å². The van der Waals surface area contributed by atoms with E-state index < -0.39 is 6.36 Å². The predicted molar refractivity (Wildman–Crippen MR) is 90.5 cm³/mol. The van der Waals surface area contributed by atoms with Crippen LogP contribution in [0.4, 0.5) is 17.6 Å². The molecule has 0 unspecified atom stereocenters. The molecule has 1 saturated heterocycles. The van der Waals surface area contributed by atoms with Crippen molar-refractivity contribution in [3.05, 3.63) is 65.0 Å². The summed E-state index contributed by atoms with van der Waals surface area (Å²) in [6, 6.07) is 10.2. The second kappa shape index (κ2) is 7.63. The molecule has 3 rings (SSSR count). The number of nitrogens with one attached hydrogen (secondary N) is 1. The molecular weight excluding hydrogens is 348 g/mol. The van der Waals surface area contributed by atoms with Crippen molar-refractivity contribution in [2.45, 2.75) is 19.3 Å². The van der Waals surface area contributed by atoms with E-state index in [1.54, 1.807) is 24.3 Å². The van der Waals surface area contributed by atoms with Crippen LogP contribution in [0.5, 0.6) is 5.75 Å². The summed E-state index contributed by atoms with van der Waals surface area (Å²) < 4.78 is 55.6. The number of ether oxygens (including phenoxy) is 1. The molecule has 0 radical (unpaired) electrons. The van der Waals surface area contributed by atoms with Crippen LogP contribution in [0.15, 0.2) is 42.5 Å². The largest absolute Gasteiger partial charge is 0.573 e. The minimum absolute atomic E-state index is 0.287. The highest BCUT2D eigenvalue weighted by atomic mass is 19.4. The Balaban J connectivity index is 1.96. The zero-order chi connectivity index (χ0) is 18.7. The molecule has 1 aliphatic rings. The van der Waals surface area contributed by atoms with E-state index in [0.29, 0.717) is 5.56 Å². The van der Waals surface area contributed by atoms with Gasteiger partial charge < -0.3 is 10.1 Å². The molecular formula is C19H20F4N2O. The van der Waals surface area contributed by atoms with E-state index in [0.717, 1.165) is 37.3 Å². The van der Waals surface area contributed by atoms with Crippen LogP contribution in [0.1, 0.15) is 22.7 Å². The topological polar surface area (TPSA) is 24.5 Å². The Morgan fingerprint density at radius 2 is 1.69 bits per heavy atom. The second-order valence-corrected chi connectivity index (χ2v) is 6.33. The van der Waals surface area contributed by atoms with Gasteiger partial charge in [0.15, 0.2) is 0 Å². The van der Waals surface area contributed by atoms with Crippen molar-refractivity contribution in [1.29, 1.82) is 0 Å². The standard InChI is InChI=1S/C19H20F4N2O/c1-13-2-7-17(20)16(12-13)18(25-10-8-24-9-11-25)14-3-5-15(6-4-14)26-19(21,22)23/h2-7,12,18,24H,8-11H2,1H3/t18-/m0/s1. The van der Waals surface area contributed by atoms with Crippen molar-refractivity contribution in [2.24, 2.45) is 0 Å². The van der Waals surface area contributed by atoms with Crippen LogP contribution in [0, 0.1) is 12.7 Å². The molecule has 1 fully saturated rings. The molecule has 140 valence electrons. The van der Waals surface area contributed by atoms with Crippen molar-refractivity contribution in [3.8, 4) is 5.75 Å². The van der Waals surface area contributed by atoms with Crippen LogP contribution in [0.3, 0.4) is 0 Å². The molecule has 0 aromatic heterocycles. The number of hydrogen-bond donors (Lipinski definition) is 1. The highest BCUT2D eigenvalue weighted by Crippen LogP contribution is 2.33. The summed E-state index contributed by atoms with van der Waals surface area (Å²) in [6.45, 7) is 4.88. The lowest BCUT2D eigenvalue weighted by Crippen LogP contribution is -2.45. The van der Waals surface area contributed by atoms with Gasteiger partial charge in [-0.15, -0.1) is 13.2 Å². The Hall–Kier alpha value is -2.12. The fourth-order valence-corrected chi connectivity index (χ4v) is 3.25. The van der Waals surface area contributed by atoms with Crippen molar-refractivity contribution in [2.75, 3.05) is 26.2 Å². The van der Waals surface area contributed by atoms with Crippen LogP contribution >= 0.6 is 0 Å². The summed E-state index contributed by atoms with van der Waals surface area (Å²) in [6.07, 6.45) is -4.73. The van der Waals surface area contributed by atoms with Crippen LogP contribution in [0.2, 0.25) is 0 Å². The first-order valence-electron chi connectivity index (χ1n) is 8.40. The molecule has 0 amide bonds. The van der Waals surface area contributed by atoms with Gasteiger partial charge >= 0.3 is 6.36 Å². The molecule has 1 heterocycles. The van der Waals surface area contributed by atoms with E-state index in [9.17, 15) is 17.6 Å². The smallest absolute Gasteiger partial charge is 0.406 e. The molecule has 1 aliphatic heterocycles. The van der Waals surface area contributed by atoms with E-state index in [2.05, 4.69) is 15.0 Å². The third-order valence-electron chi connectivity index (χ3n) is 4.39. The first-order chi connectivity index (χ1) is 12.3. The molecule has 0 spiro atoms.